The molecule has 1 unspecified atom stereocenters. The van der Waals surface area contributed by atoms with Crippen LogP contribution in [0.3, 0.4) is 0 Å². The number of esters is 1. The Morgan fingerprint density at radius 3 is 2.55 bits per heavy atom. The second kappa shape index (κ2) is 9.86. The quantitative estimate of drug-likeness (QED) is 0.302. The van der Waals surface area contributed by atoms with Crippen molar-refractivity contribution >= 4 is 22.8 Å². The summed E-state index contributed by atoms with van der Waals surface area (Å²) >= 11 is 0. The molecule has 1 atom stereocenters. The fourth-order valence-electron chi connectivity index (χ4n) is 3.78. The highest BCUT2D eigenvalue weighted by Crippen LogP contribution is 2.32. The predicted molar refractivity (Wildman–Crippen MR) is 118 cm³/mol. The first-order valence-corrected chi connectivity index (χ1v) is 11.1. The first-order valence-electron chi connectivity index (χ1n) is 11.1. The lowest BCUT2D eigenvalue weighted by Crippen LogP contribution is -2.15. The second-order valence-electron chi connectivity index (χ2n) is 7.82. The third-order valence-electron chi connectivity index (χ3n) is 5.66. The van der Waals surface area contributed by atoms with Crippen molar-refractivity contribution in [1.29, 1.82) is 0 Å². The topological polar surface area (TPSA) is 56.5 Å². The largest absolute Gasteiger partial charge is 0.408 e. The fraction of sp³-hybridized carbons (Fsp3) is 0.542. The van der Waals surface area contributed by atoms with Gasteiger partial charge in [0, 0.05) is 12.0 Å². The van der Waals surface area contributed by atoms with Crippen molar-refractivity contribution in [1.82, 2.24) is 14.4 Å². The molecular formula is C24H33N3O2. The maximum atomic E-state index is 12.7. The van der Waals surface area contributed by atoms with E-state index in [1.54, 1.807) is 0 Å². The molecule has 0 radical (unpaired) electrons. The Morgan fingerprint density at radius 1 is 1.07 bits per heavy atom. The highest BCUT2D eigenvalue weighted by molar-refractivity contribution is 5.81. The molecule has 29 heavy (non-hydrogen) atoms. The third-order valence-corrected chi connectivity index (χ3v) is 5.66. The number of aromatic nitrogens is 3. The Morgan fingerprint density at radius 2 is 1.83 bits per heavy atom. The van der Waals surface area contributed by atoms with Crippen molar-refractivity contribution in [3.05, 3.63) is 35.5 Å². The van der Waals surface area contributed by atoms with Crippen LogP contribution in [0.4, 0.5) is 0 Å². The molecule has 0 bridgehead atoms. The molecule has 5 heteroatoms. The number of hydrogen-bond donors (Lipinski definition) is 0. The second-order valence-corrected chi connectivity index (χ2v) is 7.82. The van der Waals surface area contributed by atoms with E-state index in [0.29, 0.717) is 18.1 Å². The van der Waals surface area contributed by atoms with Gasteiger partial charge in [0.2, 0.25) is 11.7 Å². The highest BCUT2D eigenvalue weighted by atomic mass is 16.5. The van der Waals surface area contributed by atoms with Crippen LogP contribution in [-0.2, 0) is 11.2 Å². The van der Waals surface area contributed by atoms with E-state index in [-0.39, 0.29) is 11.9 Å². The van der Waals surface area contributed by atoms with Gasteiger partial charge in [0.15, 0.2) is 0 Å². The number of ether oxygens (including phenoxy) is 1. The third kappa shape index (κ3) is 4.60. The van der Waals surface area contributed by atoms with Crippen molar-refractivity contribution in [2.75, 3.05) is 0 Å². The number of carbonyl (C=O) groups is 1. The molecule has 0 saturated heterocycles. The SMILES string of the molecule is CCCCCCCC(=O)Oc1c(CC)c(C(C)CC)nc2nc3ccccc3n12. The number of imidazole rings is 1. The van der Waals surface area contributed by atoms with E-state index in [1.807, 2.05) is 28.7 Å². The van der Waals surface area contributed by atoms with E-state index in [1.165, 1.54) is 19.3 Å². The van der Waals surface area contributed by atoms with Crippen molar-refractivity contribution < 1.29 is 9.53 Å². The van der Waals surface area contributed by atoms with E-state index < -0.39 is 0 Å². The first-order chi connectivity index (χ1) is 14.1. The minimum atomic E-state index is -0.170. The number of rotatable bonds is 10. The normalized spacial score (nSPS) is 12.6. The lowest BCUT2D eigenvalue weighted by molar-refractivity contribution is -0.134. The Balaban J connectivity index is 2.01. The maximum absolute atomic E-state index is 12.7. The summed E-state index contributed by atoms with van der Waals surface area (Å²) in [6.45, 7) is 8.61. The summed E-state index contributed by atoms with van der Waals surface area (Å²) in [5, 5.41) is 0. The van der Waals surface area contributed by atoms with Crippen LogP contribution in [0.15, 0.2) is 24.3 Å². The van der Waals surface area contributed by atoms with Crippen LogP contribution in [0.1, 0.15) is 89.8 Å². The van der Waals surface area contributed by atoms with Gasteiger partial charge in [0.1, 0.15) is 0 Å². The number of carbonyl (C=O) groups excluding carboxylic acids is 1. The Hall–Kier alpha value is -2.43. The molecule has 0 fully saturated rings. The molecule has 3 rings (SSSR count). The fourth-order valence-corrected chi connectivity index (χ4v) is 3.78. The molecule has 0 amide bonds. The summed E-state index contributed by atoms with van der Waals surface area (Å²) in [7, 11) is 0. The molecule has 0 aliphatic carbocycles. The molecule has 0 spiro atoms. The summed E-state index contributed by atoms with van der Waals surface area (Å²) in [5.41, 5.74) is 3.78. The van der Waals surface area contributed by atoms with Crippen molar-refractivity contribution in [3.63, 3.8) is 0 Å². The summed E-state index contributed by atoms with van der Waals surface area (Å²) in [6.07, 6.45) is 7.72. The average molecular weight is 396 g/mol. The predicted octanol–water partition coefficient (Wildman–Crippen LogP) is 6.22. The van der Waals surface area contributed by atoms with Crippen molar-refractivity contribution in [2.45, 2.75) is 85.0 Å². The van der Waals surface area contributed by atoms with E-state index in [0.717, 1.165) is 48.0 Å². The Kier molecular flexibility index (Phi) is 7.24. The van der Waals surface area contributed by atoms with E-state index in [2.05, 4.69) is 27.7 Å². The smallest absolute Gasteiger partial charge is 0.312 e. The number of hydrogen-bond acceptors (Lipinski definition) is 4. The van der Waals surface area contributed by atoms with Crippen molar-refractivity contribution in [3.8, 4) is 5.88 Å². The zero-order valence-corrected chi connectivity index (χ0v) is 18.2. The maximum Gasteiger partial charge on any atom is 0.312 e. The number of benzene rings is 1. The molecule has 1 aromatic carbocycles. The van der Waals surface area contributed by atoms with Gasteiger partial charge in [-0.25, -0.2) is 14.4 Å². The molecule has 5 nitrogen and oxygen atoms in total. The van der Waals surface area contributed by atoms with Crippen LogP contribution in [0.2, 0.25) is 0 Å². The molecule has 2 aromatic heterocycles. The summed E-state index contributed by atoms with van der Waals surface area (Å²) in [6, 6.07) is 7.91. The zero-order chi connectivity index (χ0) is 20.8. The molecule has 0 aliphatic rings. The van der Waals surface area contributed by atoms with E-state index in [9.17, 15) is 4.79 Å². The molecular weight excluding hydrogens is 362 g/mol. The minimum absolute atomic E-state index is 0.170. The number of nitrogens with zero attached hydrogens (tertiary/aromatic N) is 3. The molecule has 156 valence electrons. The lowest BCUT2D eigenvalue weighted by atomic mass is 9.99. The monoisotopic (exact) mass is 395 g/mol. The van der Waals surface area contributed by atoms with Crippen molar-refractivity contribution in [2.24, 2.45) is 0 Å². The Labute approximate surface area is 173 Å². The highest BCUT2D eigenvalue weighted by Gasteiger charge is 2.23. The van der Waals surface area contributed by atoms with Crippen LogP contribution < -0.4 is 4.74 Å². The zero-order valence-electron chi connectivity index (χ0n) is 18.2. The standard InChI is InChI=1S/C24H33N3O2/c1-5-8-9-10-11-16-21(28)29-23-18(7-3)22(17(4)6-2)26-24-25-19-14-12-13-15-20(19)27(23)24/h12-15,17H,5-11,16H2,1-4H3. The van der Waals surface area contributed by atoms with Crippen LogP contribution in [-0.4, -0.2) is 20.3 Å². The van der Waals surface area contributed by atoms with Gasteiger partial charge in [-0.2, -0.15) is 0 Å². The molecule has 2 heterocycles. The van der Waals surface area contributed by atoms with Crippen LogP contribution in [0, 0.1) is 0 Å². The van der Waals surface area contributed by atoms with Gasteiger partial charge in [0.05, 0.1) is 16.7 Å². The van der Waals surface area contributed by atoms with Crippen LogP contribution in [0.5, 0.6) is 5.88 Å². The summed E-state index contributed by atoms with van der Waals surface area (Å²) < 4.78 is 7.91. The molecule has 0 N–H and O–H groups in total. The number of fused-ring (bicyclic) bond motifs is 3. The van der Waals surface area contributed by atoms with Gasteiger partial charge in [-0.05, 0) is 37.3 Å². The van der Waals surface area contributed by atoms with Gasteiger partial charge >= 0.3 is 5.97 Å². The summed E-state index contributed by atoms with van der Waals surface area (Å²) in [5.74, 6) is 1.31. The van der Waals surface area contributed by atoms with Gasteiger partial charge in [0.25, 0.3) is 0 Å². The molecule has 3 aromatic rings. The van der Waals surface area contributed by atoms with Gasteiger partial charge in [-0.15, -0.1) is 0 Å². The first kappa shape index (κ1) is 21.3. The van der Waals surface area contributed by atoms with Gasteiger partial charge < -0.3 is 4.74 Å². The molecule has 0 aliphatic heterocycles. The van der Waals surface area contributed by atoms with Gasteiger partial charge in [-0.1, -0.05) is 65.5 Å². The van der Waals surface area contributed by atoms with E-state index >= 15 is 0 Å². The number of unbranched alkanes of at least 4 members (excludes halogenated alkanes) is 4. The van der Waals surface area contributed by atoms with E-state index in [4.69, 9.17) is 14.7 Å². The molecule has 0 saturated carbocycles. The van der Waals surface area contributed by atoms with Gasteiger partial charge in [-0.3, -0.25) is 4.79 Å². The lowest BCUT2D eigenvalue weighted by Gasteiger charge is -2.18. The Bertz CT molecular complexity index is 977. The van der Waals surface area contributed by atoms with Crippen LogP contribution >= 0.6 is 0 Å². The minimum Gasteiger partial charge on any atom is -0.408 e. The summed E-state index contributed by atoms with van der Waals surface area (Å²) in [4.78, 5) is 22.3. The average Bonchev–Trinajstić information content (AvgIpc) is 3.11. The van der Waals surface area contributed by atoms with Crippen LogP contribution in [0.25, 0.3) is 16.8 Å². The number of para-hydroxylation sites is 2.